The van der Waals surface area contributed by atoms with Gasteiger partial charge < -0.3 is 4.90 Å². The smallest absolute Gasteiger partial charge is 0.284 e. The van der Waals surface area contributed by atoms with Gasteiger partial charge in [0.1, 0.15) is 19.9 Å². The van der Waals surface area contributed by atoms with E-state index < -0.39 is 0 Å². The number of thiazole rings is 1. The van der Waals surface area contributed by atoms with Gasteiger partial charge in [-0.3, -0.25) is 24.0 Å². The zero-order chi connectivity index (χ0) is 25.7. The molecule has 0 bridgehead atoms. The van der Waals surface area contributed by atoms with Gasteiger partial charge in [-0.2, -0.15) is 0 Å². The molecule has 2 aliphatic heterocycles. The van der Waals surface area contributed by atoms with Crippen LogP contribution in [-0.4, -0.2) is 22.6 Å². The number of aromatic nitrogens is 1. The van der Waals surface area contributed by atoms with Crippen molar-refractivity contribution in [3.05, 3.63) is 104 Å². The average molecular weight is 543 g/mol. The Morgan fingerprint density at radius 3 is 2.03 bits per heavy atom. The number of carbonyl (C=O) groups excluding carboxylic acids is 1. The Morgan fingerprint density at radius 1 is 0.811 bits per heavy atom. The zero-order valence-corrected chi connectivity index (χ0v) is 22.6. The highest BCUT2D eigenvalue weighted by atomic mass is 32.2. The Bertz CT molecular complexity index is 1730. The standard InChI is InChI=1S/C28H22N4O2S3/c1-3-30-25(34)23(27-29(2)20-16-10-11-17-21(20)36-27)37-26(30)22-24(33)32(19-14-8-5-9-15-19)28(35)31(22)18-12-6-4-7-13-18/h4-17H,3H2,1-2H3. The first-order valence-corrected chi connectivity index (χ1v) is 13.8. The van der Waals surface area contributed by atoms with Crippen LogP contribution in [0.4, 0.5) is 17.1 Å². The molecule has 1 saturated heterocycles. The Balaban J connectivity index is 1.65. The third-order valence-corrected chi connectivity index (χ3v) is 9.28. The first kappa shape index (κ1) is 23.7. The quantitative estimate of drug-likeness (QED) is 0.362. The van der Waals surface area contributed by atoms with Crippen molar-refractivity contribution >= 4 is 74.1 Å². The van der Waals surface area contributed by atoms with E-state index in [0.29, 0.717) is 32.2 Å². The summed E-state index contributed by atoms with van der Waals surface area (Å²) in [7, 11) is 1.97. The fourth-order valence-electron chi connectivity index (χ4n) is 4.60. The van der Waals surface area contributed by atoms with Crippen molar-refractivity contribution in [1.82, 2.24) is 4.57 Å². The van der Waals surface area contributed by atoms with Gasteiger partial charge in [0.05, 0.1) is 11.4 Å². The fraction of sp³-hybridized carbons (Fsp3) is 0.107. The molecule has 2 aliphatic rings. The van der Waals surface area contributed by atoms with Crippen molar-refractivity contribution in [2.75, 3.05) is 21.7 Å². The topological polar surface area (TPSA) is 48.8 Å². The van der Waals surface area contributed by atoms with Crippen LogP contribution in [0.25, 0.3) is 10.7 Å². The van der Waals surface area contributed by atoms with Crippen LogP contribution in [0.15, 0.2) is 94.6 Å². The number of nitrogens with zero attached hydrogens (tertiary/aromatic N) is 4. The molecule has 3 aromatic carbocycles. The summed E-state index contributed by atoms with van der Waals surface area (Å²) in [6, 6.07) is 27.1. The molecule has 0 N–H and O–H groups in total. The lowest BCUT2D eigenvalue weighted by atomic mass is 10.3. The predicted octanol–water partition coefficient (Wildman–Crippen LogP) is 4.18. The van der Waals surface area contributed by atoms with E-state index in [1.54, 1.807) is 26.1 Å². The summed E-state index contributed by atoms with van der Waals surface area (Å²) in [6.07, 6.45) is 0. The van der Waals surface area contributed by atoms with E-state index in [-0.39, 0.29) is 11.5 Å². The van der Waals surface area contributed by atoms with Crippen molar-refractivity contribution in [1.29, 1.82) is 0 Å². The number of anilines is 3. The lowest BCUT2D eigenvalue weighted by Crippen LogP contribution is -2.36. The number of carbonyl (C=O) groups is 1. The predicted molar refractivity (Wildman–Crippen MR) is 156 cm³/mol. The highest BCUT2D eigenvalue weighted by Gasteiger charge is 2.41. The lowest BCUT2D eigenvalue weighted by Gasteiger charge is -2.20. The van der Waals surface area contributed by atoms with Crippen LogP contribution in [0.5, 0.6) is 0 Å². The van der Waals surface area contributed by atoms with Crippen LogP contribution in [0, 0.1) is 0 Å². The zero-order valence-electron chi connectivity index (χ0n) is 20.1. The Hall–Kier alpha value is -3.66. The highest BCUT2D eigenvalue weighted by molar-refractivity contribution is 8.08. The Kier molecular flexibility index (Phi) is 5.98. The SMILES string of the molecule is CCn1c(=C2C(=O)N(c3ccccc3)C(=S)N2c2ccccc2)sc(=C2Sc3ccccc3N2C)c1=O. The minimum absolute atomic E-state index is 0.109. The maximum absolute atomic E-state index is 14.1. The molecular formula is C28H22N4O2S3. The van der Waals surface area contributed by atoms with Crippen molar-refractivity contribution in [3.63, 3.8) is 0 Å². The fourth-order valence-corrected chi connectivity index (χ4v) is 7.53. The Labute approximate surface area is 227 Å². The molecule has 184 valence electrons. The lowest BCUT2D eigenvalue weighted by molar-refractivity contribution is -0.112. The number of thioether (sulfide) groups is 1. The third-order valence-electron chi connectivity index (χ3n) is 6.37. The van der Waals surface area contributed by atoms with Gasteiger partial charge in [0.25, 0.3) is 11.5 Å². The van der Waals surface area contributed by atoms with Gasteiger partial charge in [0.15, 0.2) is 5.11 Å². The minimum atomic E-state index is -0.254. The molecule has 0 unspecified atom stereocenters. The van der Waals surface area contributed by atoms with Gasteiger partial charge in [0.2, 0.25) is 0 Å². The molecule has 0 atom stereocenters. The highest BCUT2D eigenvalue weighted by Crippen LogP contribution is 2.45. The van der Waals surface area contributed by atoms with Crippen molar-refractivity contribution < 1.29 is 4.79 Å². The largest absolute Gasteiger partial charge is 0.337 e. The van der Waals surface area contributed by atoms with Gasteiger partial charge >= 0.3 is 0 Å². The van der Waals surface area contributed by atoms with Gasteiger partial charge in [-0.05, 0) is 55.5 Å². The summed E-state index contributed by atoms with van der Waals surface area (Å²) in [5.74, 6) is -0.254. The maximum Gasteiger partial charge on any atom is 0.284 e. The summed E-state index contributed by atoms with van der Waals surface area (Å²) in [5, 5.41) is 1.22. The molecule has 1 aromatic heterocycles. The van der Waals surface area contributed by atoms with Crippen molar-refractivity contribution in [3.8, 4) is 0 Å². The van der Waals surface area contributed by atoms with Crippen LogP contribution >= 0.6 is 35.3 Å². The molecule has 6 nitrogen and oxygen atoms in total. The molecular weight excluding hydrogens is 521 g/mol. The summed E-state index contributed by atoms with van der Waals surface area (Å²) < 4.78 is 2.89. The number of hydrogen-bond acceptors (Lipinski definition) is 6. The van der Waals surface area contributed by atoms with E-state index in [2.05, 4.69) is 6.07 Å². The second-order valence-electron chi connectivity index (χ2n) is 8.50. The maximum atomic E-state index is 14.1. The average Bonchev–Trinajstić information content (AvgIpc) is 3.52. The van der Waals surface area contributed by atoms with Crippen molar-refractivity contribution in [2.24, 2.45) is 0 Å². The van der Waals surface area contributed by atoms with E-state index >= 15 is 0 Å². The number of hydrogen-bond donors (Lipinski definition) is 0. The summed E-state index contributed by atoms with van der Waals surface area (Å²) >= 11 is 8.81. The minimum Gasteiger partial charge on any atom is -0.337 e. The monoisotopic (exact) mass is 542 g/mol. The summed E-state index contributed by atoms with van der Waals surface area (Å²) in [5.41, 5.74) is 2.80. The van der Waals surface area contributed by atoms with Crippen LogP contribution < -0.4 is 29.5 Å². The summed E-state index contributed by atoms with van der Waals surface area (Å²) in [4.78, 5) is 34.3. The van der Waals surface area contributed by atoms with E-state index in [1.165, 1.54) is 11.3 Å². The Morgan fingerprint density at radius 2 is 1.41 bits per heavy atom. The van der Waals surface area contributed by atoms with Gasteiger partial charge in [-0.15, -0.1) is 11.3 Å². The normalized spacial score (nSPS) is 18.2. The molecule has 1 fully saturated rings. The van der Waals surface area contributed by atoms with Gasteiger partial charge in [0, 0.05) is 24.2 Å². The molecule has 0 aliphatic carbocycles. The molecule has 3 heterocycles. The van der Waals surface area contributed by atoms with E-state index in [1.807, 2.05) is 97.7 Å². The molecule has 4 aromatic rings. The second kappa shape index (κ2) is 9.33. The molecule has 0 saturated carbocycles. The number of thiocarbonyl (C=S) groups is 1. The van der Waals surface area contributed by atoms with E-state index in [0.717, 1.165) is 21.3 Å². The molecule has 0 spiro atoms. The van der Waals surface area contributed by atoms with E-state index in [9.17, 15) is 9.59 Å². The molecule has 9 heteroatoms. The molecule has 0 radical (unpaired) electrons. The van der Waals surface area contributed by atoms with Gasteiger partial charge in [-0.1, -0.05) is 60.3 Å². The first-order valence-electron chi connectivity index (χ1n) is 11.8. The first-order chi connectivity index (χ1) is 18.0. The third kappa shape index (κ3) is 3.73. The number of para-hydroxylation sites is 3. The number of amides is 1. The second-order valence-corrected chi connectivity index (χ2v) is 10.9. The number of rotatable bonds is 3. The van der Waals surface area contributed by atoms with Crippen molar-refractivity contribution in [2.45, 2.75) is 18.4 Å². The van der Waals surface area contributed by atoms with Crippen LogP contribution in [0.2, 0.25) is 0 Å². The van der Waals surface area contributed by atoms with Crippen LogP contribution in [0.1, 0.15) is 6.92 Å². The van der Waals surface area contributed by atoms with Gasteiger partial charge in [-0.25, -0.2) is 0 Å². The van der Waals surface area contributed by atoms with Crippen LogP contribution in [0.3, 0.4) is 0 Å². The summed E-state index contributed by atoms with van der Waals surface area (Å²) in [6.45, 7) is 2.35. The number of benzene rings is 3. The van der Waals surface area contributed by atoms with Crippen LogP contribution in [-0.2, 0) is 11.3 Å². The molecule has 6 rings (SSSR count). The number of fused-ring (bicyclic) bond motifs is 1. The molecule has 37 heavy (non-hydrogen) atoms. The molecule has 1 amide bonds. The van der Waals surface area contributed by atoms with E-state index in [4.69, 9.17) is 12.2 Å².